The quantitative estimate of drug-likeness (QED) is 0.0691. The van der Waals surface area contributed by atoms with Crippen LogP contribution < -0.4 is 39.2 Å². The Labute approximate surface area is 440 Å². The Morgan fingerprint density at radius 2 is 1.13 bits per heavy atom. The number of amides is 2. The highest BCUT2D eigenvalue weighted by Crippen LogP contribution is 2.41. The van der Waals surface area contributed by atoms with E-state index in [1.807, 2.05) is 0 Å². The minimum atomic E-state index is -4.67. The molecule has 2 amide bonds. The van der Waals surface area contributed by atoms with Gasteiger partial charge < -0.3 is 28.7 Å². The number of alkyl halides is 4. The van der Waals surface area contributed by atoms with Crippen molar-refractivity contribution >= 4 is 39.2 Å². The van der Waals surface area contributed by atoms with Crippen LogP contribution >= 0.6 is 0 Å². The van der Waals surface area contributed by atoms with E-state index in [4.69, 9.17) is 28.9 Å². The Morgan fingerprint density at radius 3 is 1.61 bits per heavy atom. The summed E-state index contributed by atoms with van der Waals surface area (Å²) < 4.78 is 114. The summed E-state index contributed by atoms with van der Waals surface area (Å²) in [5.74, 6) is -5.36. The maximum Gasteiger partial charge on any atom is 0.280 e. The monoisotopic (exact) mass is 1070 g/mol. The molecule has 406 valence electrons. The first kappa shape index (κ1) is 54.1. The van der Waals surface area contributed by atoms with E-state index in [9.17, 15) is 17.6 Å². The number of hydrogen-bond donors (Lipinski definition) is 1. The lowest BCUT2D eigenvalue weighted by molar-refractivity contribution is -0.0109. The molecule has 5 aromatic rings. The van der Waals surface area contributed by atoms with Crippen molar-refractivity contribution in [2.75, 3.05) is 69.4 Å². The highest BCUT2D eigenvalue weighted by atomic mass is 32.2. The van der Waals surface area contributed by atoms with Gasteiger partial charge in [-0.25, -0.2) is 45.9 Å². The van der Waals surface area contributed by atoms with E-state index in [0.29, 0.717) is 39.8 Å². The molecule has 0 spiro atoms. The van der Waals surface area contributed by atoms with Crippen LogP contribution in [0.4, 0.5) is 34.9 Å². The van der Waals surface area contributed by atoms with Crippen molar-refractivity contribution in [3.05, 3.63) is 113 Å². The normalized spacial score (nSPS) is 17.9. The van der Waals surface area contributed by atoms with Crippen molar-refractivity contribution in [2.24, 2.45) is 0 Å². The molecule has 2 aliphatic heterocycles. The van der Waals surface area contributed by atoms with Crippen molar-refractivity contribution in [3.8, 4) is 23.0 Å². The zero-order chi connectivity index (χ0) is 53.8. The average Bonchev–Trinajstić information content (AvgIpc) is 3.70. The number of hydrazine groups is 1. The number of nitrogens with zero attached hydrogens (tertiary/aromatic N) is 7. The van der Waals surface area contributed by atoms with E-state index in [0.717, 1.165) is 55.3 Å². The van der Waals surface area contributed by atoms with Gasteiger partial charge in [0, 0.05) is 124 Å². The van der Waals surface area contributed by atoms with E-state index in [-0.39, 0.29) is 105 Å². The summed E-state index contributed by atoms with van der Waals surface area (Å²) in [6, 6.07) is 19.1. The number of aromatic nitrogens is 3. The first-order valence-electron chi connectivity index (χ1n) is 25.8. The number of benzene rings is 2. The molecule has 2 saturated carbocycles. The van der Waals surface area contributed by atoms with Crippen LogP contribution in [-0.2, 0) is 23.1 Å². The number of nitrogens with one attached hydrogen (secondary N) is 1. The second-order valence-corrected chi connectivity index (χ2v) is 21.8. The first-order valence-corrected chi connectivity index (χ1v) is 27.2. The number of carbonyl (C=O) groups excluding carboxylic acids is 2. The standard InChI is InChI=1S/C55H64F4N8O8S/c1-72-41-15-13-38(47(32-41)74-3)34-66(35-39-14-16-42(73-2)33-48(39)75-4)76(70,71)49-31-40(21-26-60-49)67(53(69)44-18-20-46(37-11-6-12-37)62-51(44)65-28-8-23-55(58,59)25-30-65)63-52(68)43-17-19-45(36-9-5-10-36)61-50(43)64-27-7-22-54(56,57)24-29-64/h13-21,26,31-33,36-37H,5-12,22-25,27-30,34-35H2,1-4H3,(H,63,68). The van der Waals surface area contributed by atoms with Gasteiger partial charge in [0.25, 0.3) is 21.8 Å². The van der Waals surface area contributed by atoms with Crippen LogP contribution in [0.25, 0.3) is 0 Å². The SMILES string of the molecule is COc1ccc(CN(Cc2ccc(OC)cc2OC)S(=O)(=O)c2cc(N(NC(=O)c3ccc(C4CCC4)nc3N3CCCC(F)(F)CC3)C(=O)c3ccc(C4CCC4)nc3N3CCCC(F)(F)CC3)ccn2)c(OC)c1. The van der Waals surface area contributed by atoms with Gasteiger partial charge in [0.2, 0.25) is 11.8 Å². The van der Waals surface area contributed by atoms with Crippen LogP contribution in [0.3, 0.4) is 0 Å². The maximum absolute atomic E-state index is 15.6. The summed E-state index contributed by atoms with van der Waals surface area (Å²) in [5.41, 5.74) is 4.94. The Balaban J connectivity index is 1.16. The fourth-order valence-corrected chi connectivity index (χ4v) is 11.4. The number of ether oxygens (including phenoxy) is 4. The number of carbonyl (C=O) groups is 2. The number of pyridine rings is 3. The molecule has 3 aromatic heterocycles. The smallest absolute Gasteiger partial charge is 0.280 e. The third-order valence-corrected chi connectivity index (χ3v) is 16.7. The zero-order valence-electron chi connectivity index (χ0n) is 43.2. The molecule has 0 unspecified atom stereocenters. The Bertz CT molecular complexity index is 2980. The van der Waals surface area contributed by atoms with Crippen LogP contribution in [-0.4, -0.2) is 106 Å². The van der Waals surface area contributed by atoms with E-state index >= 15 is 18.0 Å². The van der Waals surface area contributed by atoms with Gasteiger partial charge in [-0.2, -0.15) is 4.31 Å². The summed E-state index contributed by atoms with van der Waals surface area (Å²) in [6.45, 7) is -0.314. The summed E-state index contributed by atoms with van der Waals surface area (Å²) in [5, 5.41) is 0.394. The van der Waals surface area contributed by atoms with Gasteiger partial charge in [0.05, 0.1) is 45.3 Å². The molecule has 4 fully saturated rings. The molecule has 16 nitrogen and oxygen atoms in total. The summed E-state index contributed by atoms with van der Waals surface area (Å²) in [4.78, 5) is 48.3. The molecule has 9 rings (SSSR count). The lowest BCUT2D eigenvalue weighted by Gasteiger charge is -2.31. The second-order valence-electron chi connectivity index (χ2n) is 19.9. The van der Waals surface area contributed by atoms with Gasteiger partial charge in [-0.1, -0.05) is 25.0 Å². The molecule has 2 saturated heterocycles. The lowest BCUT2D eigenvalue weighted by atomic mass is 9.82. The maximum atomic E-state index is 15.6. The van der Waals surface area contributed by atoms with Crippen molar-refractivity contribution in [3.63, 3.8) is 0 Å². The fourth-order valence-electron chi connectivity index (χ4n) is 10.1. The van der Waals surface area contributed by atoms with Gasteiger partial charge in [0.1, 0.15) is 34.6 Å². The number of rotatable bonds is 17. The predicted molar refractivity (Wildman–Crippen MR) is 278 cm³/mol. The molecular weight excluding hydrogens is 1010 g/mol. The van der Waals surface area contributed by atoms with Crippen LogP contribution in [0.2, 0.25) is 0 Å². The number of hydrogen-bond acceptors (Lipinski definition) is 13. The summed E-state index contributed by atoms with van der Waals surface area (Å²) >= 11 is 0. The van der Waals surface area contributed by atoms with Crippen molar-refractivity contribution in [1.29, 1.82) is 0 Å². The van der Waals surface area contributed by atoms with Crippen molar-refractivity contribution < 1.29 is 54.5 Å². The van der Waals surface area contributed by atoms with Gasteiger partial charge in [-0.15, -0.1) is 0 Å². The minimum Gasteiger partial charge on any atom is -0.497 e. The molecule has 0 bridgehead atoms. The van der Waals surface area contributed by atoms with Crippen LogP contribution in [0.15, 0.2) is 84.0 Å². The molecule has 1 N–H and O–H groups in total. The molecule has 21 heteroatoms. The number of sulfonamides is 1. The molecule has 0 radical (unpaired) electrons. The van der Waals surface area contributed by atoms with Crippen molar-refractivity contribution in [1.82, 2.24) is 24.7 Å². The third-order valence-electron chi connectivity index (χ3n) is 15.0. The van der Waals surface area contributed by atoms with E-state index in [1.165, 1.54) is 45.0 Å². The van der Waals surface area contributed by atoms with E-state index < -0.39 is 51.6 Å². The van der Waals surface area contributed by atoms with Crippen LogP contribution in [0.5, 0.6) is 23.0 Å². The summed E-state index contributed by atoms with van der Waals surface area (Å²) in [7, 11) is 1.22. The second kappa shape index (κ2) is 22.8. The molecule has 2 aliphatic carbocycles. The number of halogens is 4. The Morgan fingerprint density at radius 1 is 0.632 bits per heavy atom. The van der Waals surface area contributed by atoms with Crippen molar-refractivity contribution in [2.45, 2.75) is 119 Å². The lowest BCUT2D eigenvalue weighted by Crippen LogP contribution is -2.48. The van der Waals surface area contributed by atoms with Gasteiger partial charge >= 0.3 is 0 Å². The molecule has 2 aromatic carbocycles. The van der Waals surface area contributed by atoms with Gasteiger partial charge in [-0.05, 0) is 81.0 Å². The number of anilines is 3. The Hall–Kier alpha value is -6.74. The highest BCUT2D eigenvalue weighted by Gasteiger charge is 2.38. The number of methoxy groups -OCH3 is 4. The molecule has 4 aliphatic rings. The third kappa shape index (κ3) is 11.9. The largest absolute Gasteiger partial charge is 0.497 e. The first-order chi connectivity index (χ1) is 36.5. The average molecular weight is 1070 g/mol. The topological polar surface area (TPSA) is 169 Å². The molecular formula is C55H64F4N8O8S. The zero-order valence-corrected chi connectivity index (χ0v) is 44.0. The molecule has 76 heavy (non-hydrogen) atoms. The minimum absolute atomic E-state index is 0.00512. The van der Waals surface area contributed by atoms with Gasteiger partial charge in [-0.3, -0.25) is 15.0 Å². The summed E-state index contributed by atoms with van der Waals surface area (Å²) in [6.07, 6.45) is 5.36. The van der Waals surface area contributed by atoms with E-state index in [1.54, 1.807) is 70.5 Å². The van der Waals surface area contributed by atoms with Crippen LogP contribution in [0.1, 0.15) is 132 Å². The van der Waals surface area contributed by atoms with Crippen LogP contribution in [0, 0.1) is 0 Å². The van der Waals surface area contributed by atoms with Gasteiger partial charge in [0.15, 0.2) is 5.03 Å². The van der Waals surface area contributed by atoms with E-state index in [2.05, 4.69) is 10.4 Å². The highest BCUT2D eigenvalue weighted by molar-refractivity contribution is 7.89. The fraction of sp³-hybridized carbons (Fsp3) is 0.473. The molecule has 0 atom stereocenters. The molecule has 5 heterocycles. The predicted octanol–water partition coefficient (Wildman–Crippen LogP) is 10.1. The Kier molecular flexibility index (Phi) is 16.3.